The molecule has 0 saturated carbocycles. The summed E-state index contributed by atoms with van der Waals surface area (Å²) < 4.78 is 5.74. The summed E-state index contributed by atoms with van der Waals surface area (Å²) in [5.74, 6) is -0.0968. The van der Waals surface area contributed by atoms with E-state index in [2.05, 4.69) is 27.6 Å². The standard InChI is InChI=1S/C13H12INO3S/c1-3-18-13(17)11-7(2)15-12(19-11)8-4-5-10(16)9(14)6-8/h4-6,16H,3H2,1-2H3. The van der Waals surface area contributed by atoms with Gasteiger partial charge < -0.3 is 9.84 Å². The quantitative estimate of drug-likeness (QED) is 0.644. The van der Waals surface area contributed by atoms with E-state index in [9.17, 15) is 9.90 Å². The predicted octanol–water partition coefficient (Wildman–Crippen LogP) is 3.61. The van der Waals surface area contributed by atoms with Gasteiger partial charge in [-0.3, -0.25) is 0 Å². The highest BCUT2D eigenvalue weighted by molar-refractivity contribution is 14.1. The van der Waals surface area contributed by atoms with Gasteiger partial charge in [0.2, 0.25) is 0 Å². The molecular formula is C13H12INO3S. The fourth-order valence-electron chi connectivity index (χ4n) is 1.55. The number of halogens is 1. The van der Waals surface area contributed by atoms with E-state index in [1.807, 2.05) is 6.07 Å². The van der Waals surface area contributed by atoms with Crippen LogP contribution >= 0.6 is 33.9 Å². The third-order valence-electron chi connectivity index (χ3n) is 2.45. The van der Waals surface area contributed by atoms with Crippen molar-refractivity contribution in [2.45, 2.75) is 13.8 Å². The number of phenolic OH excluding ortho intramolecular Hbond substituents is 1. The number of aromatic nitrogens is 1. The molecule has 0 saturated heterocycles. The Bertz CT molecular complexity index is 624. The summed E-state index contributed by atoms with van der Waals surface area (Å²) in [6.45, 7) is 3.91. The summed E-state index contributed by atoms with van der Waals surface area (Å²) in [7, 11) is 0. The first kappa shape index (κ1) is 14.3. The molecule has 2 aromatic rings. The van der Waals surface area contributed by atoms with Crippen LogP contribution in [0.1, 0.15) is 22.3 Å². The molecule has 1 N–H and O–H groups in total. The van der Waals surface area contributed by atoms with E-state index in [0.29, 0.717) is 17.2 Å². The molecule has 0 aliphatic heterocycles. The van der Waals surface area contributed by atoms with Gasteiger partial charge in [0.05, 0.1) is 15.9 Å². The zero-order chi connectivity index (χ0) is 14.0. The van der Waals surface area contributed by atoms with Gasteiger partial charge in [-0.1, -0.05) is 0 Å². The number of phenols is 1. The second-order valence-electron chi connectivity index (χ2n) is 3.82. The molecule has 0 aliphatic carbocycles. The largest absolute Gasteiger partial charge is 0.507 e. The van der Waals surface area contributed by atoms with Gasteiger partial charge in [-0.15, -0.1) is 11.3 Å². The number of nitrogens with zero attached hydrogens (tertiary/aromatic N) is 1. The molecule has 6 heteroatoms. The molecule has 0 fully saturated rings. The Balaban J connectivity index is 2.38. The van der Waals surface area contributed by atoms with Crippen LogP contribution in [-0.2, 0) is 4.74 Å². The SMILES string of the molecule is CCOC(=O)c1sc(-c2ccc(O)c(I)c2)nc1C. The van der Waals surface area contributed by atoms with E-state index in [1.54, 1.807) is 26.0 Å². The molecule has 0 bridgehead atoms. The van der Waals surface area contributed by atoms with Gasteiger partial charge in [-0.05, 0) is 54.6 Å². The monoisotopic (exact) mass is 389 g/mol. The number of rotatable bonds is 3. The Morgan fingerprint density at radius 3 is 2.89 bits per heavy atom. The number of hydrogen-bond acceptors (Lipinski definition) is 5. The number of aromatic hydroxyl groups is 1. The molecule has 1 heterocycles. The van der Waals surface area contributed by atoms with Crippen LogP contribution in [-0.4, -0.2) is 22.7 Å². The average molecular weight is 389 g/mol. The first-order chi connectivity index (χ1) is 9.02. The highest BCUT2D eigenvalue weighted by Crippen LogP contribution is 2.31. The predicted molar refractivity (Wildman–Crippen MR) is 82.6 cm³/mol. The number of esters is 1. The van der Waals surface area contributed by atoms with Crippen LogP contribution in [0.15, 0.2) is 18.2 Å². The van der Waals surface area contributed by atoms with E-state index >= 15 is 0 Å². The zero-order valence-corrected chi connectivity index (χ0v) is 13.4. The first-order valence-corrected chi connectivity index (χ1v) is 7.56. The molecule has 0 radical (unpaired) electrons. The summed E-state index contributed by atoms with van der Waals surface area (Å²) in [5.41, 5.74) is 1.55. The van der Waals surface area contributed by atoms with Crippen molar-refractivity contribution >= 4 is 39.9 Å². The lowest BCUT2D eigenvalue weighted by molar-refractivity contribution is 0.0531. The number of thiazole rings is 1. The highest BCUT2D eigenvalue weighted by atomic mass is 127. The molecule has 1 aromatic carbocycles. The lowest BCUT2D eigenvalue weighted by Crippen LogP contribution is -2.03. The summed E-state index contributed by atoms with van der Waals surface area (Å²) in [5, 5.41) is 10.3. The van der Waals surface area contributed by atoms with E-state index in [0.717, 1.165) is 14.1 Å². The van der Waals surface area contributed by atoms with Gasteiger partial charge in [-0.2, -0.15) is 0 Å². The van der Waals surface area contributed by atoms with Crippen molar-refractivity contribution in [3.05, 3.63) is 32.3 Å². The van der Waals surface area contributed by atoms with Crippen molar-refractivity contribution in [2.75, 3.05) is 6.61 Å². The van der Waals surface area contributed by atoms with Crippen LogP contribution < -0.4 is 0 Å². The molecule has 0 spiro atoms. The number of aryl methyl sites for hydroxylation is 1. The minimum absolute atomic E-state index is 0.239. The summed E-state index contributed by atoms with van der Waals surface area (Å²) in [6.07, 6.45) is 0. The summed E-state index contributed by atoms with van der Waals surface area (Å²) in [6, 6.07) is 5.24. The van der Waals surface area contributed by atoms with Crippen LogP contribution in [0.3, 0.4) is 0 Å². The molecule has 0 aliphatic rings. The molecule has 0 unspecified atom stereocenters. The summed E-state index contributed by atoms with van der Waals surface area (Å²) in [4.78, 5) is 16.7. The van der Waals surface area contributed by atoms with Gasteiger partial charge in [0.1, 0.15) is 15.6 Å². The second-order valence-corrected chi connectivity index (χ2v) is 5.98. The van der Waals surface area contributed by atoms with Gasteiger partial charge in [0.15, 0.2) is 0 Å². The molecule has 1 aromatic heterocycles. The maximum Gasteiger partial charge on any atom is 0.350 e. The van der Waals surface area contributed by atoms with Gasteiger partial charge in [-0.25, -0.2) is 9.78 Å². The molecule has 100 valence electrons. The maximum atomic E-state index is 11.7. The lowest BCUT2D eigenvalue weighted by atomic mass is 10.2. The maximum absolute atomic E-state index is 11.7. The number of benzene rings is 1. The van der Waals surface area contributed by atoms with Gasteiger partial charge >= 0.3 is 5.97 Å². The number of hydrogen-bond donors (Lipinski definition) is 1. The topological polar surface area (TPSA) is 59.4 Å². The van der Waals surface area contributed by atoms with E-state index < -0.39 is 0 Å². The molecule has 0 atom stereocenters. The van der Waals surface area contributed by atoms with Crippen LogP contribution in [0.2, 0.25) is 0 Å². The summed E-state index contributed by atoms with van der Waals surface area (Å²) >= 11 is 3.36. The van der Waals surface area contributed by atoms with Crippen molar-refractivity contribution in [3.63, 3.8) is 0 Å². The Morgan fingerprint density at radius 2 is 2.26 bits per heavy atom. The van der Waals surface area contributed by atoms with Crippen LogP contribution in [0.25, 0.3) is 10.6 Å². The zero-order valence-electron chi connectivity index (χ0n) is 10.4. The third kappa shape index (κ3) is 3.06. The van der Waals surface area contributed by atoms with Crippen LogP contribution in [0, 0.1) is 10.5 Å². The normalized spacial score (nSPS) is 10.5. The third-order valence-corrected chi connectivity index (χ3v) is 4.50. The molecule has 4 nitrogen and oxygen atoms in total. The van der Waals surface area contributed by atoms with Crippen molar-refractivity contribution in [2.24, 2.45) is 0 Å². The molecular weight excluding hydrogens is 377 g/mol. The number of carbonyl (C=O) groups is 1. The van der Waals surface area contributed by atoms with Crippen LogP contribution in [0.5, 0.6) is 5.75 Å². The number of ether oxygens (including phenoxy) is 1. The average Bonchev–Trinajstić information content (AvgIpc) is 2.75. The fraction of sp³-hybridized carbons (Fsp3) is 0.231. The molecule has 0 amide bonds. The second kappa shape index (κ2) is 5.87. The first-order valence-electron chi connectivity index (χ1n) is 5.66. The van der Waals surface area contributed by atoms with Gasteiger partial charge in [0.25, 0.3) is 0 Å². The van der Waals surface area contributed by atoms with Crippen molar-refractivity contribution in [1.29, 1.82) is 0 Å². The van der Waals surface area contributed by atoms with Gasteiger partial charge in [0, 0.05) is 5.56 Å². The van der Waals surface area contributed by atoms with E-state index in [-0.39, 0.29) is 11.7 Å². The highest BCUT2D eigenvalue weighted by Gasteiger charge is 2.17. The Labute approximate surface area is 128 Å². The Kier molecular flexibility index (Phi) is 4.41. The van der Waals surface area contributed by atoms with Crippen molar-refractivity contribution in [3.8, 4) is 16.3 Å². The lowest BCUT2D eigenvalue weighted by Gasteiger charge is -1.99. The van der Waals surface area contributed by atoms with Crippen molar-refractivity contribution in [1.82, 2.24) is 4.98 Å². The van der Waals surface area contributed by atoms with E-state index in [1.165, 1.54) is 11.3 Å². The Morgan fingerprint density at radius 1 is 1.53 bits per heavy atom. The smallest absolute Gasteiger partial charge is 0.350 e. The minimum atomic E-state index is -0.336. The fourth-order valence-corrected chi connectivity index (χ4v) is 3.02. The number of carbonyl (C=O) groups excluding carboxylic acids is 1. The molecule has 2 rings (SSSR count). The van der Waals surface area contributed by atoms with E-state index in [4.69, 9.17) is 4.74 Å². The van der Waals surface area contributed by atoms with Crippen LogP contribution in [0.4, 0.5) is 0 Å². The Hall–Kier alpha value is -1.15. The minimum Gasteiger partial charge on any atom is -0.507 e. The van der Waals surface area contributed by atoms with Crippen molar-refractivity contribution < 1.29 is 14.6 Å². The molecule has 19 heavy (non-hydrogen) atoms.